The molecule has 0 aromatic carbocycles. The number of imidazole rings is 4. The normalized spacial score (nSPS) is 26.6. The Morgan fingerprint density at radius 2 is 0.581 bits per heavy atom. The van der Waals surface area contributed by atoms with Crippen LogP contribution in [0.25, 0.3) is 44.7 Å². The van der Waals surface area contributed by atoms with Crippen LogP contribution < -0.4 is 22.9 Å². The van der Waals surface area contributed by atoms with Crippen LogP contribution in [-0.2, 0) is 144 Å². The third kappa shape index (κ3) is 24.0. The fourth-order valence-corrected chi connectivity index (χ4v) is 18.7. The van der Waals surface area contributed by atoms with Gasteiger partial charge in [-0.15, -0.1) is 0 Å². The van der Waals surface area contributed by atoms with Gasteiger partial charge in [-0.3, -0.25) is 69.1 Å². The van der Waals surface area contributed by atoms with Crippen molar-refractivity contribution in [3.05, 3.63) is 50.6 Å². The van der Waals surface area contributed by atoms with E-state index >= 15 is 9.13 Å². The number of nitrogens with two attached hydrogens (primary N) is 4. The van der Waals surface area contributed by atoms with Crippen LogP contribution in [0.1, 0.15) is 108 Å². The van der Waals surface area contributed by atoms with Gasteiger partial charge in [-0.25, -0.2) is 87.2 Å². The maximum absolute atomic E-state index is 15.4. The fourth-order valence-electron chi connectivity index (χ4n) is 12.9. The number of carbonyl (C=O) groups is 4. The van der Waals surface area contributed by atoms with Gasteiger partial charge in [0.2, 0.25) is 0 Å². The zero-order valence-electron chi connectivity index (χ0n) is 69.9. The summed E-state index contributed by atoms with van der Waals surface area (Å²) in [6, 6.07) is 0. The number of nitrogens with zero attached hydrogens (tertiary/aromatic N) is 16. The molecule has 0 amide bonds. The molecule has 8 aromatic rings. The summed E-state index contributed by atoms with van der Waals surface area (Å²) in [5, 5.41) is 11.9. The lowest BCUT2D eigenvalue weighted by atomic mass is 9.97. The first kappa shape index (κ1) is 99.7. The summed E-state index contributed by atoms with van der Waals surface area (Å²) in [6.07, 6.45) is -22.4. The van der Waals surface area contributed by atoms with Crippen molar-refractivity contribution < 1.29 is 183 Å². The van der Waals surface area contributed by atoms with Gasteiger partial charge in [-0.2, -0.15) is 8.62 Å². The number of phosphoric acid groups is 6. The zero-order chi connectivity index (χ0) is 94.4. The molecule has 5 unspecified atom stereocenters. The van der Waals surface area contributed by atoms with Crippen molar-refractivity contribution in [3.63, 3.8) is 0 Å². The second-order valence-electron chi connectivity index (χ2n) is 32.7. The van der Waals surface area contributed by atoms with Gasteiger partial charge in [0.25, 0.3) is 0 Å². The molecule has 59 nitrogen and oxygen atoms in total. The van der Waals surface area contributed by atoms with Crippen LogP contribution in [0.5, 0.6) is 0 Å². The van der Waals surface area contributed by atoms with Gasteiger partial charge in [-0.05, 0) is 83.1 Å². The van der Waals surface area contributed by atoms with Gasteiger partial charge in [0.15, 0.2) is 97.9 Å². The lowest BCUT2D eigenvalue weighted by Gasteiger charge is -2.29. The van der Waals surface area contributed by atoms with Gasteiger partial charge in [0.05, 0.1) is 48.1 Å². The molecule has 8 aromatic heterocycles. The van der Waals surface area contributed by atoms with Crippen molar-refractivity contribution in [1.29, 1.82) is 0 Å². The van der Waals surface area contributed by atoms with E-state index in [2.05, 4.69) is 68.4 Å². The number of carbonyl (C=O) groups excluding carboxylic acids is 4. The van der Waals surface area contributed by atoms with Crippen molar-refractivity contribution in [2.24, 2.45) is 21.7 Å². The third-order valence-corrected chi connectivity index (χ3v) is 25.6. The standard InChI is InChI=1S/C64H92N20O39P6/c1-61(2,3)57(86)107-25-103-38-29(115-53(37(38)85)81-21-77-49-33(81)45(65)69-17-73-49)13-111-125(93,94)119-42-39(104-26-108-58(87)62(4,5)6)30(116-54(42)82-22-78-50-34(82)46(66)70-18-74-50)14-112-126(95,96)120-43-40(105-27-109-59(88)63(7,8)9)31(117-55(43)83-23-79-51-35(83)47(67)71-19-75-51)15-113-127(97,98)121-44-41(106-28-110-60(89)64(10,11)12)32(16-114-128(99,100)123-129(101,102)122-124(90,91)92)118-56(44)84-24-80-52-36(84)48(68)72-20-76-52/h17-24,29-32,37-44,53-56,85H,13-16,25-28H2,1-12H3,(H,93,94)(H,95,96)(H,97,98)(H,99,100)(H,101,102)(H2,65,69,73)(H2,66,70,74)(H2,67,71,75)(H2,68,72,76)(H2,90,91,92)/t29-,30-,31-,32-,37-,38-,39-,40-,41-,42-,43-,44-,53-,54-,55-,56-/m1/s1. The summed E-state index contributed by atoms with van der Waals surface area (Å²) in [5.74, 6) is -4.52. The molecule has 0 radical (unpaired) electrons. The first-order valence-electron chi connectivity index (χ1n) is 37.9. The van der Waals surface area contributed by atoms with E-state index in [0.29, 0.717) is 0 Å². The van der Waals surface area contributed by atoms with Gasteiger partial charge in [0.1, 0.15) is 146 Å². The summed E-state index contributed by atoms with van der Waals surface area (Å²) in [7, 11) is -35.9. The molecule has 0 bridgehead atoms. The second-order valence-corrected chi connectivity index (χ2v) is 41.3. The summed E-state index contributed by atoms with van der Waals surface area (Å²) < 4.78 is 206. The molecule has 4 fully saturated rings. The molecule has 21 atom stereocenters. The number of aromatic nitrogens is 16. The number of nitrogen functional groups attached to an aromatic ring is 4. The van der Waals surface area contributed by atoms with Crippen molar-refractivity contribution in [2.45, 2.75) is 181 Å². The molecule has 0 aliphatic carbocycles. The average molecular weight is 1950 g/mol. The van der Waals surface area contributed by atoms with Crippen LogP contribution in [0, 0.1) is 21.7 Å². The number of ether oxygens (including phenoxy) is 12. The highest BCUT2D eigenvalue weighted by Crippen LogP contribution is 2.67. The number of hydrogen-bond donors (Lipinski definition) is 12. The minimum Gasteiger partial charge on any atom is -0.438 e. The molecule has 4 aliphatic heterocycles. The average Bonchev–Trinajstić information content (AvgIpc) is 1.61. The molecule has 16 N–H and O–H groups in total. The monoisotopic (exact) mass is 1950 g/mol. The molecule has 12 rings (SSSR count). The van der Waals surface area contributed by atoms with Gasteiger partial charge >= 0.3 is 70.8 Å². The predicted octanol–water partition coefficient (Wildman–Crippen LogP) is 2.20. The van der Waals surface area contributed by atoms with Crippen LogP contribution in [0.2, 0.25) is 0 Å². The quantitative estimate of drug-likeness (QED) is 0.0114. The molecule has 12 heterocycles. The Hall–Kier alpha value is -8.34. The number of aliphatic hydroxyl groups is 1. The highest BCUT2D eigenvalue weighted by atomic mass is 31.3. The predicted molar refractivity (Wildman–Crippen MR) is 424 cm³/mol. The maximum Gasteiger partial charge on any atom is 0.490 e. The zero-order valence-corrected chi connectivity index (χ0v) is 75.3. The maximum atomic E-state index is 15.4. The van der Waals surface area contributed by atoms with Crippen LogP contribution in [-0.4, -0.2) is 268 Å². The number of aliphatic hydroxyl groups excluding tert-OH is 1. The third-order valence-electron chi connectivity index (χ3n) is 18.9. The molecular weight excluding hydrogens is 1860 g/mol. The molecule has 129 heavy (non-hydrogen) atoms. The number of phosphoric ester groups is 4. The minimum absolute atomic E-state index is 0.0623. The van der Waals surface area contributed by atoms with E-state index in [4.69, 9.17) is 111 Å². The Labute approximate surface area is 727 Å². The number of esters is 4. The Bertz CT molecular complexity index is 5720. The Balaban J connectivity index is 0.867. The Morgan fingerprint density at radius 1 is 0.341 bits per heavy atom. The summed E-state index contributed by atoms with van der Waals surface area (Å²) in [4.78, 5) is 178. The summed E-state index contributed by atoms with van der Waals surface area (Å²) in [6.45, 7) is 8.78. The Kier molecular flexibility index (Phi) is 29.9. The van der Waals surface area contributed by atoms with Crippen LogP contribution >= 0.6 is 46.9 Å². The van der Waals surface area contributed by atoms with E-state index < -0.39 is 244 Å². The fraction of sp³-hybridized carbons (Fsp3) is 0.625. The van der Waals surface area contributed by atoms with Crippen molar-refractivity contribution in [3.8, 4) is 0 Å². The van der Waals surface area contributed by atoms with E-state index in [-0.39, 0.29) is 67.9 Å². The van der Waals surface area contributed by atoms with Crippen LogP contribution in [0.3, 0.4) is 0 Å². The summed E-state index contributed by atoms with van der Waals surface area (Å²) in [5.41, 5.74) is 19.8. The number of rotatable bonds is 38. The number of fused-ring (bicyclic) bond motifs is 4. The van der Waals surface area contributed by atoms with Gasteiger partial charge < -0.3 is 119 Å². The lowest BCUT2D eigenvalue weighted by molar-refractivity contribution is -0.178. The first-order valence-corrected chi connectivity index (χ1v) is 46.9. The Morgan fingerprint density at radius 3 is 0.845 bits per heavy atom. The van der Waals surface area contributed by atoms with E-state index in [0.717, 1.165) is 58.0 Å². The minimum atomic E-state index is -6.18. The van der Waals surface area contributed by atoms with Gasteiger partial charge in [-0.1, -0.05) is 0 Å². The van der Waals surface area contributed by atoms with Crippen molar-refractivity contribution >= 4 is 139 Å². The highest BCUT2D eigenvalue weighted by Gasteiger charge is 2.58. The molecule has 4 saturated heterocycles. The van der Waals surface area contributed by atoms with Crippen LogP contribution in [0.15, 0.2) is 50.6 Å². The first-order chi connectivity index (χ1) is 60.0. The van der Waals surface area contributed by atoms with Gasteiger partial charge in [0, 0.05) is 0 Å². The van der Waals surface area contributed by atoms with Crippen molar-refractivity contribution in [1.82, 2.24) is 78.1 Å². The van der Waals surface area contributed by atoms with Crippen LogP contribution in [0.4, 0.5) is 23.3 Å². The molecule has 712 valence electrons. The van der Waals surface area contributed by atoms with E-state index in [1.54, 1.807) is 20.8 Å². The van der Waals surface area contributed by atoms with Crippen molar-refractivity contribution in [2.75, 3.05) is 76.5 Å². The molecule has 0 spiro atoms. The second kappa shape index (κ2) is 38.7. The molecule has 0 saturated carbocycles. The number of hydrogen-bond acceptors (Lipinski definition) is 48. The topological polar surface area (TPSA) is 805 Å². The molecule has 65 heteroatoms. The molecule has 4 aliphatic rings. The SMILES string of the molecule is CC(C)(C)C(=O)OCO[C@H]1[C@@H](O)[C@H](n2cnc3ncnc(N)c32)O[C@@H]1COP(=O)(O)O[C@@H]1[C@H](OCOC(=O)C(C)(C)C)[C@@H](COP(=O)(O)O[C@@H]2[C@H](OCOC(=O)C(C)(C)C)[C@@H](COP(=O)(O)O[C@@H]3[C@H](OCOC(=O)C(C)(C)C)[C@@H](COP(=O)(O)OP(=O)(O)OP(=O)(O)O)O[C@H]3n3cnc4ncnc(N)c43)O[C@H]2n2cnc3ncnc(N)c32)O[C@H]1n1cnc2ncnc(N)c21. The largest absolute Gasteiger partial charge is 0.490 e. The highest BCUT2D eigenvalue weighted by molar-refractivity contribution is 7.66. The molecular formula is C64H92N20O39P6. The van der Waals surface area contributed by atoms with E-state index in [1.807, 2.05) is 0 Å². The lowest BCUT2D eigenvalue weighted by Crippen LogP contribution is -2.40. The number of anilines is 4. The van der Waals surface area contributed by atoms with E-state index in [1.165, 1.54) is 73.2 Å². The van der Waals surface area contributed by atoms with E-state index in [9.17, 15) is 76.8 Å². The summed E-state index contributed by atoms with van der Waals surface area (Å²) >= 11 is 0. The smallest absolute Gasteiger partial charge is 0.438 e.